The zero-order valence-corrected chi connectivity index (χ0v) is 9.35. The Bertz CT molecular complexity index is 269. The molecule has 0 fully saturated rings. The van der Waals surface area contributed by atoms with Gasteiger partial charge in [-0.2, -0.15) is 0 Å². The second kappa shape index (κ2) is 5.32. The molecule has 0 unspecified atom stereocenters. The number of allylic oxidation sites excluding steroid dienone is 1. The lowest BCUT2D eigenvalue weighted by molar-refractivity contribution is -0.127. The van der Waals surface area contributed by atoms with Crippen LogP contribution < -0.4 is 11.1 Å². The van der Waals surface area contributed by atoms with Crippen LogP contribution >= 0.6 is 0 Å². The topological polar surface area (TPSA) is 58.4 Å². The van der Waals surface area contributed by atoms with Crippen LogP contribution in [-0.2, 0) is 4.79 Å². The van der Waals surface area contributed by atoms with E-state index in [1.165, 1.54) is 4.90 Å². The fraction of sp³-hybridized carbons (Fsp3) is 0.500. The first-order valence-corrected chi connectivity index (χ1v) is 4.70. The minimum Gasteiger partial charge on any atom is -0.384 e. The van der Waals surface area contributed by atoms with E-state index >= 15 is 0 Å². The van der Waals surface area contributed by atoms with Gasteiger partial charge in [-0.3, -0.25) is 4.79 Å². The van der Waals surface area contributed by atoms with E-state index in [-0.39, 0.29) is 12.5 Å². The van der Waals surface area contributed by atoms with Crippen molar-refractivity contribution in [3.05, 3.63) is 23.7 Å². The Hall–Kier alpha value is -1.45. The molecule has 1 aliphatic rings. The van der Waals surface area contributed by atoms with Gasteiger partial charge in [-0.25, -0.2) is 0 Å². The number of likely N-dealkylation sites (N-methyl/N-ethyl adjacent to an activating group) is 1. The van der Waals surface area contributed by atoms with Gasteiger partial charge in [0.25, 0.3) is 0 Å². The Labute approximate surface area is 85.5 Å². The van der Waals surface area contributed by atoms with E-state index in [2.05, 4.69) is 11.9 Å². The third-order valence-electron chi connectivity index (χ3n) is 1.80. The van der Waals surface area contributed by atoms with Crippen LogP contribution in [0.3, 0.4) is 0 Å². The number of carbonyl (C=O) groups is 1. The normalized spacial score (nSPS) is 15.7. The first-order chi connectivity index (χ1) is 6.54. The summed E-state index contributed by atoms with van der Waals surface area (Å²) in [6, 6.07) is 0. The first kappa shape index (κ1) is 12.6. The van der Waals surface area contributed by atoms with Gasteiger partial charge in [0.15, 0.2) is 0 Å². The minimum absolute atomic E-state index is 0.00204. The molecule has 0 aromatic carbocycles. The van der Waals surface area contributed by atoms with Gasteiger partial charge in [0.1, 0.15) is 5.82 Å². The molecular weight excluding hydrogens is 178 g/mol. The van der Waals surface area contributed by atoms with E-state index in [1.54, 1.807) is 7.05 Å². The average Bonchev–Trinajstić information content (AvgIpc) is 2.15. The van der Waals surface area contributed by atoms with Gasteiger partial charge < -0.3 is 16.0 Å². The molecule has 0 aromatic heterocycles. The SMILES string of the molecule is C=C(C)C1=C(N)NCC(=O)N1C.CC. The second-order valence-electron chi connectivity index (χ2n) is 2.85. The molecule has 0 radical (unpaired) electrons. The number of rotatable bonds is 1. The van der Waals surface area contributed by atoms with Crippen LogP contribution in [0.4, 0.5) is 0 Å². The third-order valence-corrected chi connectivity index (χ3v) is 1.80. The van der Waals surface area contributed by atoms with Gasteiger partial charge in [-0.05, 0) is 12.5 Å². The molecule has 1 rings (SSSR count). The maximum Gasteiger partial charge on any atom is 0.246 e. The van der Waals surface area contributed by atoms with Crippen LogP contribution in [0, 0.1) is 0 Å². The lowest BCUT2D eigenvalue weighted by Crippen LogP contribution is -2.44. The lowest BCUT2D eigenvalue weighted by atomic mass is 10.2. The van der Waals surface area contributed by atoms with Crippen molar-refractivity contribution >= 4 is 5.91 Å². The van der Waals surface area contributed by atoms with Crippen molar-refractivity contribution in [1.82, 2.24) is 10.2 Å². The maximum atomic E-state index is 11.2. The summed E-state index contributed by atoms with van der Waals surface area (Å²) in [4.78, 5) is 12.7. The van der Waals surface area contributed by atoms with E-state index in [1.807, 2.05) is 20.8 Å². The molecule has 4 nitrogen and oxygen atoms in total. The quantitative estimate of drug-likeness (QED) is 0.653. The van der Waals surface area contributed by atoms with Crippen LogP contribution in [0.5, 0.6) is 0 Å². The largest absolute Gasteiger partial charge is 0.384 e. The minimum atomic E-state index is 0.00204. The van der Waals surface area contributed by atoms with Gasteiger partial charge >= 0.3 is 0 Å². The number of hydrogen-bond acceptors (Lipinski definition) is 3. The number of nitrogens with one attached hydrogen (secondary N) is 1. The number of nitrogens with two attached hydrogens (primary N) is 1. The Morgan fingerprint density at radius 3 is 2.43 bits per heavy atom. The number of nitrogens with zero attached hydrogens (tertiary/aromatic N) is 1. The van der Waals surface area contributed by atoms with Gasteiger partial charge in [0, 0.05) is 7.05 Å². The third kappa shape index (κ3) is 2.52. The number of carbonyl (C=O) groups excluding carboxylic acids is 1. The highest BCUT2D eigenvalue weighted by Gasteiger charge is 2.21. The van der Waals surface area contributed by atoms with E-state index in [4.69, 9.17) is 5.73 Å². The summed E-state index contributed by atoms with van der Waals surface area (Å²) in [5, 5.41) is 2.80. The highest BCUT2D eigenvalue weighted by molar-refractivity contribution is 5.82. The van der Waals surface area contributed by atoms with Gasteiger partial charge in [-0.15, -0.1) is 0 Å². The summed E-state index contributed by atoms with van der Waals surface area (Å²) in [5.74, 6) is 0.520. The van der Waals surface area contributed by atoms with Crippen molar-refractivity contribution in [2.24, 2.45) is 5.73 Å². The molecule has 0 spiro atoms. The Morgan fingerprint density at radius 2 is 2.07 bits per heavy atom. The molecule has 1 amide bonds. The molecule has 0 aliphatic carbocycles. The Morgan fingerprint density at radius 1 is 1.57 bits per heavy atom. The predicted octanol–water partition coefficient (Wildman–Crippen LogP) is 0.778. The molecule has 0 saturated heterocycles. The van der Waals surface area contributed by atoms with Crippen molar-refractivity contribution in [3.8, 4) is 0 Å². The van der Waals surface area contributed by atoms with Crippen molar-refractivity contribution < 1.29 is 4.79 Å². The van der Waals surface area contributed by atoms with Crippen molar-refractivity contribution in [2.75, 3.05) is 13.6 Å². The van der Waals surface area contributed by atoms with Gasteiger partial charge in [-0.1, -0.05) is 20.4 Å². The highest BCUT2D eigenvalue weighted by atomic mass is 16.2. The van der Waals surface area contributed by atoms with Crippen molar-refractivity contribution in [1.29, 1.82) is 0 Å². The van der Waals surface area contributed by atoms with Crippen molar-refractivity contribution in [2.45, 2.75) is 20.8 Å². The van der Waals surface area contributed by atoms with Crippen LogP contribution in [0.15, 0.2) is 23.7 Å². The van der Waals surface area contributed by atoms with Gasteiger partial charge in [0.2, 0.25) is 5.91 Å². The molecule has 14 heavy (non-hydrogen) atoms. The van der Waals surface area contributed by atoms with Gasteiger partial charge in [0.05, 0.1) is 12.2 Å². The fourth-order valence-corrected chi connectivity index (χ4v) is 1.19. The predicted molar refractivity (Wildman–Crippen MR) is 58.1 cm³/mol. The molecule has 0 bridgehead atoms. The zero-order chi connectivity index (χ0) is 11.3. The summed E-state index contributed by atoms with van der Waals surface area (Å²) in [6.07, 6.45) is 0. The summed E-state index contributed by atoms with van der Waals surface area (Å²) in [7, 11) is 1.69. The van der Waals surface area contributed by atoms with Crippen LogP contribution in [0.1, 0.15) is 20.8 Å². The first-order valence-electron chi connectivity index (χ1n) is 4.70. The molecule has 1 aliphatic heterocycles. The van der Waals surface area contributed by atoms with Crippen LogP contribution in [0.25, 0.3) is 0 Å². The van der Waals surface area contributed by atoms with E-state index in [9.17, 15) is 4.79 Å². The zero-order valence-electron chi connectivity index (χ0n) is 9.35. The molecule has 0 saturated carbocycles. The molecule has 80 valence electrons. The highest BCUT2D eigenvalue weighted by Crippen LogP contribution is 2.15. The summed E-state index contributed by atoms with van der Waals surface area (Å²) in [6.45, 7) is 9.82. The molecule has 3 N–H and O–H groups in total. The lowest BCUT2D eigenvalue weighted by Gasteiger charge is -2.28. The summed E-state index contributed by atoms with van der Waals surface area (Å²) >= 11 is 0. The monoisotopic (exact) mass is 197 g/mol. The van der Waals surface area contributed by atoms with E-state index in [0.29, 0.717) is 11.5 Å². The second-order valence-corrected chi connectivity index (χ2v) is 2.85. The van der Waals surface area contributed by atoms with Crippen LogP contribution in [-0.4, -0.2) is 24.4 Å². The summed E-state index contributed by atoms with van der Waals surface area (Å²) in [5.41, 5.74) is 7.12. The molecule has 0 aromatic rings. The molecule has 0 atom stereocenters. The number of amides is 1. The standard InChI is InChI=1S/C8H13N3O.C2H6/c1-5(2)7-8(9)10-4-6(12)11(7)3;1-2/h10H,1,4,9H2,2-3H3;1-2H3. The molecule has 4 heteroatoms. The summed E-state index contributed by atoms with van der Waals surface area (Å²) < 4.78 is 0. The Balaban J connectivity index is 0.000000791. The average molecular weight is 197 g/mol. The molecule has 1 heterocycles. The fourth-order valence-electron chi connectivity index (χ4n) is 1.19. The number of hydrogen-bond donors (Lipinski definition) is 2. The maximum absolute atomic E-state index is 11.2. The smallest absolute Gasteiger partial charge is 0.246 e. The van der Waals surface area contributed by atoms with Crippen molar-refractivity contribution in [3.63, 3.8) is 0 Å². The van der Waals surface area contributed by atoms with E-state index < -0.39 is 0 Å². The van der Waals surface area contributed by atoms with Crippen LogP contribution in [0.2, 0.25) is 0 Å². The molecular formula is C10H19N3O. The van der Waals surface area contributed by atoms with E-state index in [0.717, 1.165) is 5.57 Å². The Kier molecular flexibility index (Phi) is 4.77.